The number of imide groups is 1. The van der Waals surface area contributed by atoms with Crippen LogP contribution in [-0.2, 0) is 20.9 Å². The molecule has 2 saturated heterocycles. The number of likely N-dealkylation sites (tertiary alicyclic amines) is 1. The van der Waals surface area contributed by atoms with Crippen molar-refractivity contribution in [3.63, 3.8) is 0 Å². The Morgan fingerprint density at radius 2 is 2.05 bits per heavy atom. The van der Waals surface area contributed by atoms with Crippen LogP contribution in [0.3, 0.4) is 0 Å². The van der Waals surface area contributed by atoms with Gasteiger partial charge in [-0.2, -0.15) is 0 Å². The van der Waals surface area contributed by atoms with Crippen LogP contribution in [0.5, 0.6) is 5.75 Å². The first-order chi connectivity index (χ1) is 17.8. The molecule has 0 radical (unpaired) electrons. The number of aromatic hydroxyl groups is 1. The van der Waals surface area contributed by atoms with E-state index < -0.39 is 5.82 Å². The number of rotatable bonds is 8. The molecular weight excluding hydrogens is 489 g/mol. The second-order valence-corrected chi connectivity index (χ2v) is 11.7. The number of ether oxygens (including phenoxy) is 1. The molecule has 3 aliphatic rings. The fraction of sp³-hybridized carbons (Fsp3) is 0.467. The van der Waals surface area contributed by atoms with Gasteiger partial charge in [-0.15, -0.1) is 11.3 Å². The highest BCUT2D eigenvalue weighted by atomic mass is 32.1. The second-order valence-electron chi connectivity index (χ2n) is 10.6. The number of allylic oxidation sites excluding steroid dienone is 2. The normalized spacial score (nSPS) is 25.9. The molecule has 7 heteroatoms. The molecule has 3 heterocycles. The summed E-state index contributed by atoms with van der Waals surface area (Å²) in [7, 11) is 0. The third kappa shape index (κ3) is 4.91. The number of hydrogen-bond acceptors (Lipinski definition) is 5. The predicted molar refractivity (Wildman–Crippen MR) is 142 cm³/mol. The molecule has 0 unspecified atom stereocenters. The standard InChI is InChI=1S/C30H34FNO4S/c1-4-18(12-19-7-9-25(33)24(31)13-19)8-10-26-27-21(17(2)3)14-22-28(23(27)16-36-26)30(35)32(29(22)34)15-20-6-5-11-37-20/h5-7,9,11-13,17,22-23,26,28,33H,4,8,10,14-16H2,1-3H3/b18-12+/t22-,23+,26-,28-/m1/s1. The van der Waals surface area contributed by atoms with Gasteiger partial charge in [-0.3, -0.25) is 14.5 Å². The Bertz CT molecular complexity index is 1250. The van der Waals surface area contributed by atoms with Crippen LogP contribution in [0, 0.1) is 29.5 Å². The summed E-state index contributed by atoms with van der Waals surface area (Å²) in [4.78, 5) is 29.4. The number of hydrogen-bond donors (Lipinski definition) is 1. The number of phenols is 1. The van der Waals surface area contributed by atoms with Crippen LogP contribution in [-0.4, -0.2) is 34.5 Å². The first kappa shape index (κ1) is 25.9. The summed E-state index contributed by atoms with van der Waals surface area (Å²) in [6.07, 6.45) is 4.92. The molecule has 0 saturated carbocycles. The maximum atomic E-state index is 13.8. The summed E-state index contributed by atoms with van der Waals surface area (Å²) in [5, 5.41) is 11.4. The Kier molecular flexibility index (Phi) is 7.37. The lowest BCUT2D eigenvalue weighted by atomic mass is 9.67. The van der Waals surface area contributed by atoms with Crippen LogP contribution in [0.1, 0.15) is 56.9 Å². The van der Waals surface area contributed by atoms with Crippen molar-refractivity contribution in [1.29, 1.82) is 0 Å². The number of phenolic OH excluding ortho intramolecular Hbond substituents is 1. The van der Waals surface area contributed by atoms with Gasteiger partial charge in [-0.25, -0.2) is 4.39 Å². The van der Waals surface area contributed by atoms with Gasteiger partial charge in [0.25, 0.3) is 0 Å². The second kappa shape index (κ2) is 10.5. The SMILES string of the molecule is CC/C(=C\c1ccc(O)c(F)c1)CC[C@H]1OC[C@H]2C1=C(C(C)C)C[C@H]1C(=O)N(Cc3cccs3)C(=O)[C@H]12. The van der Waals surface area contributed by atoms with E-state index in [0.29, 0.717) is 19.6 Å². The number of thiophene rings is 1. The van der Waals surface area contributed by atoms with Crippen molar-refractivity contribution in [1.82, 2.24) is 4.90 Å². The molecular formula is C30H34FNO4S. The average molecular weight is 524 g/mol. The van der Waals surface area contributed by atoms with Gasteiger partial charge >= 0.3 is 0 Å². The zero-order valence-corrected chi connectivity index (χ0v) is 22.4. The van der Waals surface area contributed by atoms with E-state index >= 15 is 0 Å². The van der Waals surface area contributed by atoms with Crippen LogP contribution in [0.25, 0.3) is 6.08 Å². The molecule has 2 aliphatic heterocycles. The molecule has 1 N–H and O–H groups in total. The lowest BCUT2D eigenvalue weighted by Gasteiger charge is -2.33. The van der Waals surface area contributed by atoms with Gasteiger partial charge in [0.15, 0.2) is 11.6 Å². The minimum Gasteiger partial charge on any atom is -0.505 e. The maximum absolute atomic E-state index is 13.8. The smallest absolute Gasteiger partial charge is 0.234 e. The molecule has 1 aromatic heterocycles. The van der Waals surface area contributed by atoms with Crippen molar-refractivity contribution < 1.29 is 23.8 Å². The van der Waals surface area contributed by atoms with Crippen LogP contribution in [0.2, 0.25) is 0 Å². The molecule has 2 amide bonds. The number of carbonyl (C=O) groups is 2. The lowest BCUT2D eigenvalue weighted by molar-refractivity contribution is -0.140. The number of carbonyl (C=O) groups excluding carboxylic acids is 2. The fourth-order valence-electron chi connectivity index (χ4n) is 6.25. The first-order valence-corrected chi connectivity index (χ1v) is 14.1. The highest BCUT2D eigenvalue weighted by Crippen LogP contribution is 2.51. The molecule has 5 rings (SSSR count). The predicted octanol–water partition coefficient (Wildman–Crippen LogP) is 6.34. The molecule has 0 spiro atoms. The highest BCUT2D eigenvalue weighted by Gasteiger charge is 2.57. The largest absolute Gasteiger partial charge is 0.505 e. The number of fused-ring (bicyclic) bond motifs is 3. The van der Waals surface area contributed by atoms with E-state index in [1.807, 2.05) is 23.6 Å². The number of benzene rings is 1. The Morgan fingerprint density at radius 1 is 1.24 bits per heavy atom. The van der Waals surface area contributed by atoms with E-state index in [1.165, 1.54) is 33.8 Å². The van der Waals surface area contributed by atoms with Crippen molar-refractivity contribution in [3.8, 4) is 5.75 Å². The molecule has 4 atom stereocenters. The molecule has 1 aliphatic carbocycles. The molecule has 0 bridgehead atoms. The monoisotopic (exact) mass is 523 g/mol. The molecule has 5 nitrogen and oxygen atoms in total. The van der Waals surface area contributed by atoms with Gasteiger partial charge in [-0.05, 0) is 66.3 Å². The quantitative estimate of drug-likeness (QED) is 0.324. The van der Waals surface area contributed by atoms with Gasteiger partial charge < -0.3 is 9.84 Å². The van der Waals surface area contributed by atoms with Crippen molar-refractivity contribution in [2.75, 3.05) is 6.61 Å². The lowest BCUT2D eigenvalue weighted by Crippen LogP contribution is -2.35. The Hall–Kier alpha value is -2.77. The molecule has 1 aromatic carbocycles. The summed E-state index contributed by atoms with van der Waals surface area (Å²) in [5.41, 5.74) is 4.41. The topological polar surface area (TPSA) is 66.8 Å². The van der Waals surface area contributed by atoms with Gasteiger partial charge in [0, 0.05) is 10.8 Å². The van der Waals surface area contributed by atoms with Crippen molar-refractivity contribution >= 4 is 29.2 Å². The van der Waals surface area contributed by atoms with E-state index in [0.717, 1.165) is 29.7 Å². The molecule has 2 fully saturated rings. The van der Waals surface area contributed by atoms with E-state index in [9.17, 15) is 19.1 Å². The minimum absolute atomic E-state index is 0.0404. The van der Waals surface area contributed by atoms with E-state index in [4.69, 9.17) is 4.74 Å². The zero-order chi connectivity index (χ0) is 26.3. The van der Waals surface area contributed by atoms with Crippen LogP contribution < -0.4 is 0 Å². The van der Waals surface area contributed by atoms with Crippen LogP contribution in [0.15, 0.2) is 52.4 Å². The van der Waals surface area contributed by atoms with Gasteiger partial charge in [0.2, 0.25) is 11.8 Å². The van der Waals surface area contributed by atoms with Gasteiger partial charge in [0.05, 0.1) is 31.1 Å². The summed E-state index contributed by atoms with van der Waals surface area (Å²) < 4.78 is 20.1. The number of amides is 2. The summed E-state index contributed by atoms with van der Waals surface area (Å²) in [6, 6.07) is 8.34. The number of halogens is 1. The minimum atomic E-state index is -0.626. The summed E-state index contributed by atoms with van der Waals surface area (Å²) in [6.45, 7) is 7.23. The summed E-state index contributed by atoms with van der Waals surface area (Å²) >= 11 is 1.57. The molecule has 37 heavy (non-hydrogen) atoms. The average Bonchev–Trinajstić information content (AvgIpc) is 3.60. The van der Waals surface area contributed by atoms with Crippen LogP contribution in [0.4, 0.5) is 4.39 Å². The number of nitrogens with zero attached hydrogens (tertiary/aromatic N) is 1. The van der Waals surface area contributed by atoms with Crippen LogP contribution >= 0.6 is 11.3 Å². The zero-order valence-electron chi connectivity index (χ0n) is 21.6. The highest BCUT2D eigenvalue weighted by molar-refractivity contribution is 7.09. The van der Waals surface area contributed by atoms with Gasteiger partial charge in [-0.1, -0.05) is 50.1 Å². The first-order valence-electron chi connectivity index (χ1n) is 13.2. The molecule has 2 aromatic rings. The third-order valence-corrected chi connectivity index (χ3v) is 9.01. The molecule has 196 valence electrons. The van der Waals surface area contributed by atoms with Crippen molar-refractivity contribution in [3.05, 3.63) is 68.7 Å². The van der Waals surface area contributed by atoms with E-state index in [-0.39, 0.29) is 47.3 Å². The fourth-order valence-corrected chi connectivity index (χ4v) is 6.95. The van der Waals surface area contributed by atoms with Crippen molar-refractivity contribution in [2.45, 2.75) is 59.1 Å². The van der Waals surface area contributed by atoms with E-state index in [2.05, 4.69) is 20.8 Å². The Morgan fingerprint density at radius 3 is 2.73 bits per heavy atom. The maximum Gasteiger partial charge on any atom is 0.234 e. The third-order valence-electron chi connectivity index (χ3n) is 8.15. The Labute approximate surface area is 221 Å². The van der Waals surface area contributed by atoms with E-state index in [1.54, 1.807) is 17.4 Å². The van der Waals surface area contributed by atoms with Crippen molar-refractivity contribution in [2.24, 2.45) is 23.7 Å². The Balaban J connectivity index is 1.36. The summed E-state index contributed by atoms with van der Waals surface area (Å²) in [5.74, 6) is -1.48. The van der Waals surface area contributed by atoms with Gasteiger partial charge in [0.1, 0.15) is 0 Å².